The number of carboxylic acid groups (broad SMARTS) is 1. The van der Waals surface area contributed by atoms with E-state index in [9.17, 15) is 4.79 Å². The molecule has 18 heavy (non-hydrogen) atoms. The van der Waals surface area contributed by atoms with Crippen molar-refractivity contribution in [3.63, 3.8) is 0 Å². The smallest absolute Gasteiger partial charge is 0.329 e. The van der Waals surface area contributed by atoms with Gasteiger partial charge in [0.25, 0.3) is 0 Å². The van der Waals surface area contributed by atoms with Crippen LogP contribution in [0.15, 0.2) is 18.5 Å². The SMILES string of the molecule is O=C(O)COC1CCN(Cc2ncccn2)CC1. The minimum atomic E-state index is -0.907. The van der Waals surface area contributed by atoms with Gasteiger partial charge in [-0.2, -0.15) is 0 Å². The zero-order valence-corrected chi connectivity index (χ0v) is 10.2. The third-order valence-electron chi connectivity index (χ3n) is 2.96. The van der Waals surface area contributed by atoms with E-state index in [0.29, 0.717) is 0 Å². The largest absolute Gasteiger partial charge is 0.480 e. The molecule has 6 nitrogen and oxygen atoms in total. The monoisotopic (exact) mass is 251 g/mol. The van der Waals surface area contributed by atoms with Crippen LogP contribution in [0.25, 0.3) is 0 Å². The molecule has 0 bridgehead atoms. The number of likely N-dealkylation sites (tertiary alicyclic amines) is 1. The van der Waals surface area contributed by atoms with Crippen molar-refractivity contribution >= 4 is 5.97 Å². The minimum absolute atomic E-state index is 0.0639. The van der Waals surface area contributed by atoms with Crippen molar-refractivity contribution < 1.29 is 14.6 Å². The fourth-order valence-electron chi connectivity index (χ4n) is 2.03. The minimum Gasteiger partial charge on any atom is -0.480 e. The maximum atomic E-state index is 10.4. The Morgan fingerprint density at radius 2 is 2.06 bits per heavy atom. The van der Waals surface area contributed by atoms with Crippen LogP contribution in [0.5, 0.6) is 0 Å². The number of hydrogen-bond acceptors (Lipinski definition) is 5. The van der Waals surface area contributed by atoms with Crippen molar-refractivity contribution in [2.45, 2.75) is 25.5 Å². The highest BCUT2D eigenvalue weighted by Crippen LogP contribution is 2.14. The third kappa shape index (κ3) is 4.05. The molecule has 2 rings (SSSR count). The summed E-state index contributed by atoms with van der Waals surface area (Å²) in [6, 6.07) is 1.80. The van der Waals surface area contributed by atoms with Gasteiger partial charge in [-0.1, -0.05) is 0 Å². The number of carbonyl (C=O) groups is 1. The van der Waals surface area contributed by atoms with Gasteiger partial charge in [-0.3, -0.25) is 4.90 Å². The van der Waals surface area contributed by atoms with Crippen LogP contribution < -0.4 is 0 Å². The molecular formula is C12H17N3O3. The first kappa shape index (κ1) is 12.9. The lowest BCUT2D eigenvalue weighted by molar-refractivity contribution is -0.145. The Bertz CT molecular complexity index is 377. The van der Waals surface area contributed by atoms with E-state index in [1.54, 1.807) is 18.5 Å². The highest BCUT2D eigenvalue weighted by molar-refractivity contribution is 5.68. The van der Waals surface area contributed by atoms with E-state index < -0.39 is 5.97 Å². The van der Waals surface area contributed by atoms with Crippen LogP contribution >= 0.6 is 0 Å². The van der Waals surface area contributed by atoms with Crippen LogP contribution in [0.4, 0.5) is 0 Å². The molecule has 1 saturated heterocycles. The summed E-state index contributed by atoms with van der Waals surface area (Å²) < 4.78 is 5.29. The van der Waals surface area contributed by atoms with Gasteiger partial charge in [-0.05, 0) is 18.9 Å². The van der Waals surface area contributed by atoms with Gasteiger partial charge in [-0.25, -0.2) is 14.8 Å². The van der Waals surface area contributed by atoms with Gasteiger partial charge < -0.3 is 9.84 Å². The maximum absolute atomic E-state index is 10.4. The maximum Gasteiger partial charge on any atom is 0.329 e. The summed E-state index contributed by atoms with van der Waals surface area (Å²) in [5.41, 5.74) is 0. The van der Waals surface area contributed by atoms with E-state index in [1.807, 2.05) is 0 Å². The second kappa shape index (κ2) is 6.42. The normalized spacial score (nSPS) is 17.8. The number of hydrogen-bond donors (Lipinski definition) is 1. The molecule has 1 fully saturated rings. The van der Waals surface area contributed by atoms with Crippen LogP contribution in [0.3, 0.4) is 0 Å². The molecule has 0 aliphatic carbocycles. The van der Waals surface area contributed by atoms with Crippen molar-refractivity contribution in [1.82, 2.24) is 14.9 Å². The molecule has 0 saturated carbocycles. The fourth-order valence-corrected chi connectivity index (χ4v) is 2.03. The highest BCUT2D eigenvalue weighted by atomic mass is 16.5. The average Bonchev–Trinajstić information content (AvgIpc) is 2.39. The summed E-state index contributed by atoms with van der Waals surface area (Å²) >= 11 is 0. The van der Waals surface area contributed by atoms with E-state index in [4.69, 9.17) is 9.84 Å². The van der Waals surface area contributed by atoms with Gasteiger partial charge in [0, 0.05) is 25.5 Å². The summed E-state index contributed by atoms with van der Waals surface area (Å²) in [6.45, 7) is 2.32. The molecule has 98 valence electrons. The number of aliphatic carboxylic acids is 1. The molecule has 0 amide bonds. The van der Waals surface area contributed by atoms with E-state index >= 15 is 0 Å². The predicted octanol–water partition coefficient (Wildman–Crippen LogP) is 0.542. The molecule has 1 aliphatic heterocycles. The Labute approximate surface area is 106 Å². The fraction of sp³-hybridized carbons (Fsp3) is 0.583. The number of piperidine rings is 1. The van der Waals surface area contributed by atoms with Gasteiger partial charge >= 0.3 is 5.97 Å². The quantitative estimate of drug-likeness (QED) is 0.823. The second-order valence-corrected chi connectivity index (χ2v) is 4.35. The standard InChI is InChI=1S/C12H17N3O3/c16-12(17)9-18-10-2-6-15(7-3-10)8-11-13-4-1-5-14-11/h1,4-5,10H,2-3,6-9H2,(H,16,17). The van der Waals surface area contributed by atoms with Gasteiger partial charge in [0.1, 0.15) is 12.4 Å². The summed E-state index contributed by atoms with van der Waals surface area (Å²) in [5.74, 6) is -0.0856. The number of nitrogens with zero attached hydrogens (tertiary/aromatic N) is 3. The Morgan fingerprint density at radius 1 is 1.39 bits per heavy atom. The lowest BCUT2D eigenvalue weighted by atomic mass is 10.1. The summed E-state index contributed by atoms with van der Waals surface area (Å²) in [6.07, 6.45) is 5.27. The van der Waals surface area contributed by atoms with Crippen molar-refractivity contribution in [2.24, 2.45) is 0 Å². The lowest BCUT2D eigenvalue weighted by Crippen LogP contribution is -2.37. The van der Waals surface area contributed by atoms with Gasteiger partial charge in [0.2, 0.25) is 0 Å². The Kier molecular flexibility index (Phi) is 4.60. The number of rotatable bonds is 5. The molecule has 0 unspecified atom stereocenters. The molecule has 1 aromatic rings. The number of carboxylic acids is 1. The van der Waals surface area contributed by atoms with Crippen LogP contribution in [-0.2, 0) is 16.1 Å². The first-order valence-electron chi connectivity index (χ1n) is 6.05. The van der Waals surface area contributed by atoms with E-state index in [2.05, 4.69) is 14.9 Å². The summed E-state index contributed by atoms with van der Waals surface area (Å²) in [7, 11) is 0. The Hall–Kier alpha value is -1.53. The van der Waals surface area contributed by atoms with Crippen molar-refractivity contribution in [3.8, 4) is 0 Å². The molecule has 0 atom stereocenters. The summed E-state index contributed by atoms with van der Waals surface area (Å²) in [5, 5.41) is 8.54. The second-order valence-electron chi connectivity index (χ2n) is 4.35. The summed E-state index contributed by atoms with van der Waals surface area (Å²) in [4.78, 5) is 21.0. The van der Waals surface area contributed by atoms with Crippen LogP contribution in [0.2, 0.25) is 0 Å². The lowest BCUT2D eigenvalue weighted by Gasteiger charge is -2.30. The topological polar surface area (TPSA) is 75.6 Å². The van der Waals surface area contributed by atoms with E-state index in [1.165, 1.54) is 0 Å². The van der Waals surface area contributed by atoms with Gasteiger partial charge in [0.05, 0.1) is 12.6 Å². The van der Waals surface area contributed by atoms with Gasteiger partial charge in [0.15, 0.2) is 0 Å². The van der Waals surface area contributed by atoms with E-state index in [0.717, 1.165) is 38.3 Å². The number of aromatic nitrogens is 2. The molecule has 1 aromatic heterocycles. The number of ether oxygens (including phenoxy) is 1. The van der Waals surface area contributed by atoms with Crippen LogP contribution in [0.1, 0.15) is 18.7 Å². The third-order valence-corrected chi connectivity index (χ3v) is 2.96. The molecule has 2 heterocycles. The Balaban J connectivity index is 1.72. The van der Waals surface area contributed by atoms with Crippen molar-refractivity contribution in [1.29, 1.82) is 0 Å². The average molecular weight is 251 g/mol. The molecular weight excluding hydrogens is 234 g/mol. The first-order chi connectivity index (χ1) is 8.74. The van der Waals surface area contributed by atoms with E-state index in [-0.39, 0.29) is 12.7 Å². The zero-order valence-electron chi connectivity index (χ0n) is 10.2. The van der Waals surface area contributed by atoms with Gasteiger partial charge in [-0.15, -0.1) is 0 Å². The molecule has 0 aromatic carbocycles. The Morgan fingerprint density at radius 3 is 2.67 bits per heavy atom. The molecule has 0 spiro atoms. The molecule has 0 radical (unpaired) electrons. The molecule has 1 aliphatic rings. The zero-order chi connectivity index (χ0) is 12.8. The molecule has 6 heteroatoms. The van der Waals surface area contributed by atoms with Crippen molar-refractivity contribution in [3.05, 3.63) is 24.3 Å². The molecule has 1 N–H and O–H groups in total. The first-order valence-corrected chi connectivity index (χ1v) is 6.05. The predicted molar refractivity (Wildman–Crippen MR) is 63.9 cm³/mol. The van der Waals surface area contributed by atoms with Crippen molar-refractivity contribution in [2.75, 3.05) is 19.7 Å². The highest BCUT2D eigenvalue weighted by Gasteiger charge is 2.20. The van der Waals surface area contributed by atoms with Crippen LogP contribution in [0, 0.1) is 0 Å². The van der Waals surface area contributed by atoms with Crippen LogP contribution in [-0.4, -0.2) is 51.7 Å².